The van der Waals surface area contributed by atoms with E-state index in [1.807, 2.05) is 56.3 Å². The molecule has 0 aliphatic carbocycles. The zero-order valence-electron chi connectivity index (χ0n) is 27.4. The summed E-state index contributed by atoms with van der Waals surface area (Å²) in [7, 11) is 2.90. The SMILES string of the molecule is COC(=O)c1coc(-c2nc3oc2[C@]24c5ccccc5NC2Oc2ccc(cc24)C[C@H](NC(=O)[C@@H](O)C(C)C)C(=O)N(C)C3C(C)C)n1. The van der Waals surface area contributed by atoms with E-state index >= 15 is 0 Å². The highest BCUT2D eigenvalue weighted by Gasteiger charge is 2.61. The molecular formula is C35H37N5O8. The molecule has 2 unspecified atom stereocenters. The fourth-order valence-corrected chi connectivity index (χ4v) is 7.09. The van der Waals surface area contributed by atoms with Gasteiger partial charge in [0.2, 0.25) is 23.6 Å². The van der Waals surface area contributed by atoms with Gasteiger partial charge < -0.3 is 38.9 Å². The smallest absolute Gasteiger partial charge is 0.360 e. The molecule has 1 spiro atoms. The number of aliphatic hydroxyl groups is 1. The van der Waals surface area contributed by atoms with Crippen LogP contribution in [0.2, 0.25) is 0 Å². The zero-order chi connectivity index (χ0) is 34.1. The molecule has 4 bridgehead atoms. The van der Waals surface area contributed by atoms with E-state index < -0.39 is 41.7 Å². The van der Waals surface area contributed by atoms with Crippen LogP contribution >= 0.6 is 0 Å². The van der Waals surface area contributed by atoms with Gasteiger partial charge in [0.1, 0.15) is 35.6 Å². The standard InChI is InChI=1S/C35H37N5O8/c1-16(2)26-31-39-25(30-37-23(15-46-30)33(44)45-6)28(48-31)35-19-9-7-8-10-21(19)38-34(35)47-24-12-11-18(13-20(24)35)14-22(32(43)40(26)5)36-29(42)27(41)17(3)4/h7-13,15-17,22,26-27,34,38,41H,14H2,1-6H3,(H,36,42)/t22-,26?,27-,34?,35+/m0/s1. The summed E-state index contributed by atoms with van der Waals surface area (Å²) >= 11 is 0. The Morgan fingerprint density at radius 3 is 2.62 bits per heavy atom. The van der Waals surface area contributed by atoms with Crippen LogP contribution in [0, 0.1) is 11.8 Å². The van der Waals surface area contributed by atoms with Crippen molar-refractivity contribution in [1.82, 2.24) is 20.2 Å². The number of nitrogens with one attached hydrogen (secondary N) is 2. The Labute approximate surface area is 276 Å². The maximum Gasteiger partial charge on any atom is 0.360 e. The van der Waals surface area contributed by atoms with Crippen LogP contribution in [0.1, 0.15) is 72.6 Å². The molecule has 7 rings (SSSR count). The number of amides is 2. The highest BCUT2D eigenvalue weighted by molar-refractivity contribution is 5.90. The Morgan fingerprint density at radius 2 is 1.90 bits per heavy atom. The molecule has 13 nitrogen and oxygen atoms in total. The summed E-state index contributed by atoms with van der Waals surface area (Å²) in [6, 6.07) is 11.7. The number of anilines is 1. The Balaban J connectivity index is 1.50. The fourth-order valence-electron chi connectivity index (χ4n) is 7.09. The molecule has 5 atom stereocenters. The number of rotatable bonds is 6. The number of benzene rings is 2. The number of oxazole rings is 2. The Morgan fingerprint density at radius 1 is 1.12 bits per heavy atom. The van der Waals surface area contributed by atoms with E-state index in [1.54, 1.807) is 20.9 Å². The van der Waals surface area contributed by atoms with Crippen molar-refractivity contribution in [2.45, 2.75) is 63.9 Å². The van der Waals surface area contributed by atoms with Gasteiger partial charge in [0, 0.05) is 24.7 Å². The Hall–Kier alpha value is -5.17. The molecule has 0 radical (unpaired) electrons. The largest absolute Gasteiger partial charge is 0.469 e. The molecule has 2 amide bonds. The highest BCUT2D eigenvalue weighted by atomic mass is 16.5. The Kier molecular flexibility index (Phi) is 7.54. The van der Waals surface area contributed by atoms with Crippen molar-refractivity contribution in [2.75, 3.05) is 19.5 Å². The lowest BCUT2D eigenvalue weighted by Crippen LogP contribution is -2.53. The first-order valence-corrected chi connectivity index (χ1v) is 15.9. The van der Waals surface area contributed by atoms with Crippen molar-refractivity contribution in [1.29, 1.82) is 0 Å². The number of para-hydroxylation sites is 1. The summed E-state index contributed by atoms with van der Waals surface area (Å²) in [5.41, 5.74) is 2.29. The summed E-state index contributed by atoms with van der Waals surface area (Å²) in [6.45, 7) is 7.34. The second-order valence-corrected chi connectivity index (χ2v) is 13.2. The maximum absolute atomic E-state index is 14.3. The predicted octanol–water partition coefficient (Wildman–Crippen LogP) is 3.81. The topological polar surface area (TPSA) is 169 Å². The third kappa shape index (κ3) is 4.67. The molecule has 3 aliphatic heterocycles. The maximum atomic E-state index is 14.3. The van der Waals surface area contributed by atoms with Crippen LogP contribution in [0.25, 0.3) is 11.6 Å². The van der Waals surface area contributed by atoms with Crippen LogP contribution in [-0.4, -0.2) is 70.3 Å². The van der Waals surface area contributed by atoms with Gasteiger partial charge in [-0.05, 0) is 35.1 Å². The lowest BCUT2D eigenvalue weighted by Gasteiger charge is -2.33. The summed E-state index contributed by atoms with van der Waals surface area (Å²) in [4.78, 5) is 50.8. The van der Waals surface area contributed by atoms with E-state index in [0.29, 0.717) is 11.5 Å². The molecule has 0 saturated carbocycles. The molecule has 0 fully saturated rings. The molecule has 2 aromatic carbocycles. The number of nitrogens with zero attached hydrogens (tertiary/aromatic N) is 3. The summed E-state index contributed by atoms with van der Waals surface area (Å²) in [5.74, 6) is -1.06. The van der Waals surface area contributed by atoms with E-state index in [-0.39, 0.29) is 47.3 Å². The monoisotopic (exact) mass is 655 g/mol. The number of hydrogen-bond donors (Lipinski definition) is 3. The number of hydrogen-bond acceptors (Lipinski definition) is 11. The van der Waals surface area contributed by atoms with Gasteiger partial charge in [-0.1, -0.05) is 58.0 Å². The average molecular weight is 656 g/mol. The summed E-state index contributed by atoms with van der Waals surface area (Å²) < 4.78 is 24.1. The van der Waals surface area contributed by atoms with Gasteiger partial charge in [-0.25, -0.2) is 14.8 Å². The van der Waals surface area contributed by atoms with Crippen molar-refractivity contribution in [3.05, 3.63) is 82.8 Å². The second kappa shape index (κ2) is 11.5. The molecule has 48 heavy (non-hydrogen) atoms. The van der Waals surface area contributed by atoms with Crippen LogP contribution in [0.15, 0.2) is 57.6 Å². The number of esters is 1. The minimum absolute atomic E-state index is 0.0293. The van der Waals surface area contributed by atoms with Gasteiger partial charge in [-0.3, -0.25) is 9.59 Å². The van der Waals surface area contributed by atoms with Gasteiger partial charge in [-0.2, -0.15) is 0 Å². The normalized spacial score (nSPS) is 23.1. The predicted molar refractivity (Wildman–Crippen MR) is 171 cm³/mol. The van der Waals surface area contributed by atoms with Crippen LogP contribution in [0.5, 0.6) is 5.75 Å². The molecule has 3 N–H and O–H groups in total. The number of fused-ring (bicyclic) bond motifs is 4. The van der Waals surface area contributed by atoms with E-state index in [9.17, 15) is 19.5 Å². The Bertz CT molecular complexity index is 1930. The molecule has 13 heteroatoms. The number of aromatic nitrogens is 2. The van der Waals surface area contributed by atoms with Crippen molar-refractivity contribution < 1.29 is 37.8 Å². The quantitative estimate of drug-likeness (QED) is 0.258. The highest BCUT2D eigenvalue weighted by Crippen LogP contribution is 2.59. The molecule has 250 valence electrons. The van der Waals surface area contributed by atoms with E-state index in [1.165, 1.54) is 18.3 Å². The molecule has 5 heterocycles. The number of carbonyl (C=O) groups excluding carboxylic acids is 3. The number of carbonyl (C=O) groups is 3. The zero-order valence-corrected chi connectivity index (χ0v) is 27.4. The minimum atomic E-state index is -1.29. The van der Waals surface area contributed by atoms with Crippen molar-refractivity contribution >= 4 is 23.5 Å². The van der Waals surface area contributed by atoms with Gasteiger partial charge in [0.25, 0.3) is 0 Å². The van der Waals surface area contributed by atoms with Gasteiger partial charge in [-0.15, -0.1) is 0 Å². The molecular weight excluding hydrogens is 618 g/mol. The lowest BCUT2D eigenvalue weighted by molar-refractivity contribution is -0.141. The van der Waals surface area contributed by atoms with Crippen LogP contribution in [0.4, 0.5) is 5.69 Å². The van der Waals surface area contributed by atoms with Gasteiger partial charge in [0.15, 0.2) is 23.4 Å². The van der Waals surface area contributed by atoms with Gasteiger partial charge >= 0.3 is 5.97 Å². The molecule has 2 aromatic heterocycles. The first-order valence-electron chi connectivity index (χ1n) is 15.9. The summed E-state index contributed by atoms with van der Waals surface area (Å²) in [6.07, 6.45) is -0.604. The first-order chi connectivity index (χ1) is 22.9. The first kappa shape index (κ1) is 31.4. The van der Waals surface area contributed by atoms with Gasteiger partial charge in [0.05, 0.1) is 7.11 Å². The lowest BCUT2D eigenvalue weighted by atomic mass is 9.72. The third-order valence-corrected chi connectivity index (χ3v) is 9.45. The third-order valence-electron chi connectivity index (χ3n) is 9.45. The number of ether oxygens (including phenoxy) is 2. The minimum Gasteiger partial charge on any atom is -0.469 e. The molecule has 3 aliphatic rings. The average Bonchev–Trinajstić information content (AvgIpc) is 3.84. The second-order valence-electron chi connectivity index (χ2n) is 13.2. The van der Waals surface area contributed by atoms with Crippen LogP contribution in [-0.2, 0) is 26.2 Å². The van der Waals surface area contributed by atoms with E-state index in [4.69, 9.17) is 23.3 Å². The summed E-state index contributed by atoms with van der Waals surface area (Å²) in [5, 5.41) is 16.9. The van der Waals surface area contributed by atoms with Crippen LogP contribution in [0.3, 0.4) is 0 Å². The van der Waals surface area contributed by atoms with E-state index in [2.05, 4.69) is 15.6 Å². The number of aliphatic hydroxyl groups excluding tert-OH is 1. The van der Waals surface area contributed by atoms with Crippen molar-refractivity contribution in [3.8, 4) is 17.3 Å². The fraction of sp³-hybridized carbons (Fsp3) is 0.400. The van der Waals surface area contributed by atoms with Crippen molar-refractivity contribution in [3.63, 3.8) is 0 Å². The molecule has 4 aromatic rings. The van der Waals surface area contributed by atoms with Crippen LogP contribution < -0.4 is 15.4 Å². The van der Waals surface area contributed by atoms with Crippen molar-refractivity contribution in [2.24, 2.45) is 11.8 Å². The number of likely N-dealkylation sites (N-methyl/N-ethyl adjacent to an activating group) is 1. The number of methoxy groups -OCH3 is 1. The van der Waals surface area contributed by atoms with E-state index in [0.717, 1.165) is 22.4 Å². The molecule has 0 saturated heterocycles.